The minimum Gasteiger partial charge on any atom is -0.386 e. The second kappa shape index (κ2) is 6.50. The Morgan fingerprint density at radius 3 is 2.75 bits per heavy atom. The quantitative estimate of drug-likeness (QED) is 0.911. The van der Waals surface area contributed by atoms with Gasteiger partial charge in [0, 0.05) is 19.2 Å². The maximum atomic E-state index is 10.5. The smallest absolute Gasteiger partial charge is 0.102 e. The minimum atomic E-state index is -0.612. The lowest BCUT2D eigenvalue weighted by Crippen LogP contribution is -2.11. The van der Waals surface area contributed by atoms with Crippen LogP contribution in [0.1, 0.15) is 42.6 Å². The SMILES string of the molecule is CCc1nn(CC)c(CC(O)c2ncccc2C)c1Br. The van der Waals surface area contributed by atoms with Gasteiger partial charge >= 0.3 is 0 Å². The lowest BCUT2D eigenvalue weighted by Gasteiger charge is -2.13. The van der Waals surface area contributed by atoms with Crippen LogP contribution in [0.5, 0.6) is 0 Å². The van der Waals surface area contributed by atoms with Crippen LogP contribution in [-0.4, -0.2) is 19.9 Å². The fourth-order valence-electron chi connectivity index (χ4n) is 2.34. The van der Waals surface area contributed by atoms with Crippen molar-refractivity contribution in [1.29, 1.82) is 0 Å². The Bertz CT molecular complexity index is 595. The van der Waals surface area contributed by atoms with Crippen LogP contribution in [0.4, 0.5) is 0 Å². The van der Waals surface area contributed by atoms with Crippen molar-refractivity contribution in [2.75, 3.05) is 0 Å². The molecule has 0 aromatic carbocycles. The maximum absolute atomic E-state index is 10.5. The average Bonchev–Trinajstić information content (AvgIpc) is 2.75. The predicted molar refractivity (Wildman–Crippen MR) is 82.6 cm³/mol. The molecule has 0 fully saturated rings. The van der Waals surface area contributed by atoms with Gasteiger partial charge in [-0.2, -0.15) is 5.10 Å². The van der Waals surface area contributed by atoms with Crippen LogP contribution in [0, 0.1) is 6.92 Å². The van der Waals surface area contributed by atoms with Gasteiger partial charge in [-0.05, 0) is 47.8 Å². The summed E-state index contributed by atoms with van der Waals surface area (Å²) in [5.41, 5.74) is 3.81. The topological polar surface area (TPSA) is 50.9 Å². The van der Waals surface area contributed by atoms with E-state index in [1.807, 2.05) is 23.7 Å². The van der Waals surface area contributed by atoms with Crippen LogP contribution < -0.4 is 0 Å². The van der Waals surface area contributed by atoms with Gasteiger partial charge in [-0.25, -0.2) is 0 Å². The molecule has 0 saturated heterocycles. The molecule has 0 aliphatic heterocycles. The van der Waals surface area contributed by atoms with Crippen molar-refractivity contribution in [2.24, 2.45) is 0 Å². The van der Waals surface area contributed by atoms with Crippen molar-refractivity contribution in [2.45, 2.75) is 46.3 Å². The highest BCUT2D eigenvalue weighted by molar-refractivity contribution is 9.10. The zero-order chi connectivity index (χ0) is 14.7. The molecule has 0 spiro atoms. The highest BCUT2D eigenvalue weighted by atomic mass is 79.9. The zero-order valence-corrected chi connectivity index (χ0v) is 13.7. The Morgan fingerprint density at radius 1 is 1.40 bits per heavy atom. The van der Waals surface area contributed by atoms with E-state index < -0.39 is 6.10 Å². The van der Waals surface area contributed by atoms with E-state index in [4.69, 9.17) is 0 Å². The van der Waals surface area contributed by atoms with Crippen LogP contribution in [0.2, 0.25) is 0 Å². The molecular formula is C15H20BrN3O. The lowest BCUT2D eigenvalue weighted by molar-refractivity contribution is 0.169. The predicted octanol–water partition coefficient (Wildman–Crippen LogP) is 3.21. The number of rotatable bonds is 5. The van der Waals surface area contributed by atoms with E-state index >= 15 is 0 Å². The summed E-state index contributed by atoms with van der Waals surface area (Å²) in [6.07, 6.45) is 2.49. The summed E-state index contributed by atoms with van der Waals surface area (Å²) >= 11 is 3.61. The number of aliphatic hydroxyl groups is 1. The van der Waals surface area contributed by atoms with Crippen molar-refractivity contribution in [1.82, 2.24) is 14.8 Å². The summed E-state index contributed by atoms with van der Waals surface area (Å²) in [5, 5.41) is 15.0. The van der Waals surface area contributed by atoms with Gasteiger partial charge in [-0.1, -0.05) is 13.0 Å². The summed E-state index contributed by atoms with van der Waals surface area (Å²) in [5.74, 6) is 0. The van der Waals surface area contributed by atoms with Gasteiger partial charge in [0.15, 0.2) is 0 Å². The van der Waals surface area contributed by atoms with E-state index in [1.165, 1.54) is 0 Å². The first-order valence-electron chi connectivity index (χ1n) is 6.92. The third-order valence-electron chi connectivity index (χ3n) is 3.45. The molecule has 1 atom stereocenters. The second-order valence-corrected chi connectivity index (χ2v) is 5.60. The van der Waals surface area contributed by atoms with Crippen molar-refractivity contribution in [3.05, 3.63) is 45.4 Å². The first-order chi connectivity index (χ1) is 9.58. The third-order valence-corrected chi connectivity index (χ3v) is 4.36. The molecule has 0 aliphatic carbocycles. The van der Waals surface area contributed by atoms with Gasteiger partial charge in [0.05, 0.1) is 21.6 Å². The van der Waals surface area contributed by atoms with Crippen LogP contribution in [0.3, 0.4) is 0 Å². The van der Waals surface area contributed by atoms with Crippen LogP contribution in [0.25, 0.3) is 0 Å². The van der Waals surface area contributed by atoms with Gasteiger partial charge in [0.25, 0.3) is 0 Å². The molecule has 4 nitrogen and oxygen atoms in total. The van der Waals surface area contributed by atoms with E-state index in [0.717, 1.165) is 40.1 Å². The fourth-order valence-corrected chi connectivity index (χ4v) is 3.07. The molecule has 0 amide bonds. The molecule has 20 heavy (non-hydrogen) atoms. The average molecular weight is 338 g/mol. The molecule has 2 aromatic heterocycles. The van der Waals surface area contributed by atoms with Crippen molar-refractivity contribution in [3.63, 3.8) is 0 Å². The molecule has 2 heterocycles. The van der Waals surface area contributed by atoms with E-state index in [9.17, 15) is 5.11 Å². The van der Waals surface area contributed by atoms with Gasteiger partial charge in [0.2, 0.25) is 0 Å². The monoisotopic (exact) mass is 337 g/mol. The summed E-state index contributed by atoms with van der Waals surface area (Å²) in [4.78, 5) is 4.29. The standard InChI is InChI=1S/C15H20BrN3O/c1-4-11-14(16)12(19(5-2)18-11)9-13(20)15-10(3)7-6-8-17-15/h6-8,13,20H,4-5,9H2,1-3H3. The Labute approximate surface area is 128 Å². The molecule has 108 valence electrons. The molecule has 0 aliphatic rings. The van der Waals surface area contributed by atoms with E-state index in [-0.39, 0.29) is 0 Å². The van der Waals surface area contributed by atoms with E-state index in [0.29, 0.717) is 6.42 Å². The number of hydrogen-bond acceptors (Lipinski definition) is 3. The van der Waals surface area contributed by atoms with Gasteiger partial charge in [-0.3, -0.25) is 9.67 Å². The van der Waals surface area contributed by atoms with Crippen LogP contribution in [-0.2, 0) is 19.4 Å². The number of nitrogens with zero attached hydrogens (tertiary/aromatic N) is 3. The molecule has 2 aromatic rings. The summed E-state index contributed by atoms with van der Waals surface area (Å²) in [6, 6.07) is 3.85. The minimum absolute atomic E-state index is 0.513. The molecule has 2 rings (SSSR count). The summed E-state index contributed by atoms with van der Waals surface area (Å²) < 4.78 is 2.96. The second-order valence-electron chi connectivity index (χ2n) is 4.80. The number of aryl methyl sites for hydroxylation is 3. The Hall–Kier alpha value is -1.20. The number of aromatic nitrogens is 3. The molecule has 1 unspecified atom stereocenters. The normalized spacial score (nSPS) is 12.7. The zero-order valence-electron chi connectivity index (χ0n) is 12.1. The first-order valence-corrected chi connectivity index (χ1v) is 7.71. The molecule has 5 heteroatoms. The van der Waals surface area contributed by atoms with Crippen molar-refractivity contribution in [3.8, 4) is 0 Å². The maximum Gasteiger partial charge on any atom is 0.102 e. The van der Waals surface area contributed by atoms with Gasteiger partial charge in [0.1, 0.15) is 6.10 Å². The molecule has 0 radical (unpaired) electrons. The fraction of sp³-hybridized carbons (Fsp3) is 0.467. The molecule has 0 saturated carbocycles. The van der Waals surface area contributed by atoms with Crippen LogP contribution in [0.15, 0.2) is 22.8 Å². The molecular weight excluding hydrogens is 318 g/mol. The summed E-state index contributed by atoms with van der Waals surface area (Å²) in [7, 11) is 0. The number of pyridine rings is 1. The number of halogens is 1. The Balaban J connectivity index is 2.30. The Kier molecular flexibility index (Phi) is 4.94. The largest absolute Gasteiger partial charge is 0.386 e. The van der Waals surface area contributed by atoms with Crippen molar-refractivity contribution < 1.29 is 5.11 Å². The third kappa shape index (κ3) is 2.94. The highest BCUT2D eigenvalue weighted by Crippen LogP contribution is 2.27. The van der Waals surface area contributed by atoms with E-state index in [2.05, 4.69) is 39.9 Å². The number of hydrogen-bond donors (Lipinski definition) is 1. The van der Waals surface area contributed by atoms with Gasteiger partial charge in [-0.15, -0.1) is 0 Å². The highest BCUT2D eigenvalue weighted by Gasteiger charge is 2.19. The molecule has 1 N–H and O–H groups in total. The number of aliphatic hydroxyl groups excluding tert-OH is 1. The Morgan fingerprint density at radius 2 is 2.15 bits per heavy atom. The van der Waals surface area contributed by atoms with E-state index in [1.54, 1.807) is 6.20 Å². The summed E-state index contributed by atoms with van der Waals surface area (Å²) in [6.45, 7) is 6.90. The van der Waals surface area contributed by atoms with Crippen molar-refractivity contribution >= 4 is 15.9 Å². The van der Waals surface area contributed by atoms with Gasteiger partial charge < -0.3 is 5.11 Å². The van der Waals surface area contributed by atoms with Crippen LogP contribution >= 0.6 is 15.9 Å². The molecule has 0 bridgehead atoms. The first kappa shape index (κ1) is 15.2. The lowest BCUT2D eigenvalue weighted by atomic mass is 10.1.